The minimum Gasteiger partial charge on any atom is -0.486 e. The Morgan fingerprint density at radius 1 is 0.913 bits per heavy atom. The van der Waals surface area contributed by atoms with E-state index in [1.54, 1.807) is 4.57 Å². The Kier molecular flexibility index (Phi) is 10.8. The van der Waals surface area contributed by atoms with Gasteiger partial charge in [-0.25, -0.2) is 4.98 Å². The summed E-state index contributed by atoms with van der Waals surface area (Å²) in [5.74, 6) is 1.48. The van der Waals surface area contributed by atoms with Crippen LogP contribution in [0.4, 0.5) is 0 Å². The van der Waals surface area contributed by atoms with Crippen molar-refractivity contribution in [3.8, 4) is 28.6 Å². The number of hydrogen-bond donors (Lipinski definition) is 0. The van der Waals surface area contributed by atoms with Crippen molar-refractivity contribution < 1.29 is 9.16 Å². The van der Waals surface area contributed by atoms with Crippen LogP contribution < -0.4 is 10.3 Å². The van der Waals surface area contributed by atoms with Crippen molar-refractivity contribution in [2.45, 2.75) is 97.9 Å². The Labute approximate surface area is 276 Å². The quantitative estimate of drug-likeness (QED) is 0.145. The number of nitrogens with zero attached hydrogens (tertiary/aromatic N) is 3. The molecule has 4 rings (SSSR count). The molecule has 0 saturated heterocycles. The van der Waals surface area contributed by atoms with Gasteiger partial charge >= 0.3 is 0 Å². The van der Waals surface area contributed by atoms with Crippen molar-refractivity contribution in [3.05, 3.63) is 111 Å². The summed E-state index contributed by atoms with van der Waals surface area (Å²) in [6, 6.07) is 25.7. The molecular formula is C39H49N3O3Si. The summed E-state index contributed by atoms with van der Waals surface area (Å²) in [6.07, 6.45) is 2.76. The van der Waals surface area contributed by atoms with Crippen LogP contribution in [0.1, 0.15) is 83.1 Å². The van der Waals surface area contributed by atoms with Gasteiger partial charge in [0.2, 0.25) is 0 Å². The summed E-state index contributed by atoms with van der Waals surface area (Å²) in [5.41, 5.74) is 5.35. The third-order valence-corrected chi connectivity index (χ3v) is 13.4. The fourth-order valence-corrected chi connectivity index (χ4v) is 6.34. The van der Waals surface area contributed by atoms with Gasteiger partial charge in [0, 0.05) is 18.4 Å². The Morgan fingerprint density at radius 3 is 2.15 bits per heavy atom. The van der Waals surface area contributed by atoms with Gasteiger partial charge in [-0.15, -0.1) is 0 Å². The van der Waals surface area contributed by atoms with Gasteiger partial charge in [0.05, 0.1) is 29.6 Å². The fraction of sp³-hybridized carbons (Fsp3) is 0.410. The lowest BCUT2D eigenvalue weighted by Gasteiger charge is -2.39. The highest BCUT2D eigenvalue weighted by Gasteiger charge is 2.39. The molecule has 0 aliphatic rings. The summed E-state index contributed by atoms with van der Waals surface area (Å²) in [4.78, 5) is 19.3. The van der Waals surface area contributed by atoms with Gasteiger partial charge in [-0.2, -0.15) is 5.26 Å². The summed E-state index contributed by atoms with van der Waals surface area (Å²) < 4.78 is 14.6. The average Bonchev–Trinajstić information content (AvgIpc) is 3.02. The fourth-order valence-electron chi connectivity index (χ4n) is 5.19. The molecule has 7 heteroatoms. The maximum Gasteiger partial charge on any atom is 0.261 e. The smallest absolute Gasteiger partial charge is 0.261 e. The minimum absolute atomic E-state index is 0.0361. The number of ether oxygens (including phenoxy) is 1. The number of nitriles is 1. The lowest BCUT2D eigenvalue weighted by molar-refractivity contribution is 0.0462. The van der Waals surface area contributed by atoms with Crippen molar-refractivity contribution in [1.29, 1.82) is 5.26 Å². The van der Waals surface area contributed by atoms with Gasteiger partial charge in [-0.1, -0.05) is 83.5 Å². The van der Waals surface area contributed by atoms with Gasteiger partial charge in [0.25, 0.3) is 5.56 Å². The maximum atomic E-state index is 14.2. The third kappa shape index (κ3) is 8.04. The molecular weight excluding hydrogens is 587 g/mol. The van der Waals surface area contributed by atoms with E-state index in [1.807, 2.05) is 93.6 Å². The zero-order valence-electron chi connectivity index (χ0n) is 29.0. The van der Waals surface area contributed by atoms with E-state index in [1.165, 1.54) is 0 Å². The van der Waals surface area contributed by atoms with Crippen LogP contribution in [-0.4, -0.2) is 30.1 Å². The summed E-state index contributed by atoms with van der Waals surface area (Å²) in [6.45, 7) is 20.0. The van der Waals surface area contributed by atoms with E-state index in [0.29, 0.717) is 30.6 Å². The SMILES string of the molecule is CCCc1nc(CC)n(-c2ccc(OC(C)(C)CO[Si](C)(C)C(C)(C)C)cc2)c(=O)c1Cc1ccc(-c2ccccc2C#N)cc1. The first-order chi connectivity index (χ1) is 21.7. The first-order valence-electron chi connectivity index (χ1n) is 16.3. The Bertz CT molecular complexity index is 1740. The van der Waals surface area contributed by atoms with E-state index < -0.39 is 13.9 Å². The number of benzene rings is 3. The maximum absolute atomic E-state index is 14.2. The number of aryl methyl sites for hydroxylation is 2. The van der Waals surface area contributed by atoms with E-state index in [2.05, 4.69) is 46.9 Å². The second-order valence-corrected chi connectivity index (χ2v) is 18.9. The molecule has 242 valence electrons. The highest BCUT2D eigenvalue weighted by atomic mass is 28.4. The van der Waals surface area contributed by atoms with Crippen LogP contribution in [0.3, 0.4) is 0 Å². The topological polar surface area (TPSA) is 77.1 Å². The molecule has 0 saturated carbocycles. The standard InChI is InChI=1S/C39H49N3O3Si/c1-10-14-35-34(25-28-17-19-29(20-18-28)33-16-13-12-15-30(33)26-40)37(43)42(36(11-2)41-35)31-21-23-32(24-22-31)45-39(6,7)27-44-46(8,9)38(3,4)5/h12-13,15-24H,10-11,14,25,27H2,1-9H3. The van der Waals surface area contributed by atoms with Gasteiger partial charge in [0.15, 0.2) is 8.32 Å². The van der Waals surface area contributed by atoms with Crippen molar-refractivity contribution in [2.24, 2.45) is 0 Å². The lowest BCUT2D eigenvalue weighted by atomic mass is 9.97. The number of rotatable bonds is 12. The number of hydrogen-bond acceptors (Lipinski definition) is 5. The summed E-state index contributed by atoms with van der Waals surface area (Å²) >= 11 is 0. The van der Waals surface area contributed by atoms with Crippen LogP contribution in [0.25, 0.3) is 16.8 Å². The van der Waals surface area contributed by atoms with Crippen LogP contribution in [0.2, 0.25) is 18.1 Å². The molecule has 0 amide bonds. The number of aromatic nitrogens is 2. The molecule has 0 aliphatic carbocycles. The zero-order valence-corrected chi connectivity index (χ0v) is 30.0. The van der Waals surface area contributed by atoms with Crippen molar-refractivity contribution in [3.63, 3.8) is 0 Å². The second kappa shape index (κ2) is 14.2. The molecule has 1 aromatic heterocycles. The average molecular weight is 636 g/mol. The molecule has 6 nitrogen and oxygen atoms in total. The molecule has 0 atom stereocenters. The molecule has 46 heavy (non-hydrogen) atoms. The van der Waals surface area contributed by atoms with Crippen LogP contribution in [0.5, 0.6) is 5.75 Å². The van der Waals surface area contributed by atoms with Crippen molar-refractivity contribution in [2.75, 3.05) is 6.61 Å². The van der Waals surface area contributed by atoms with Gasteiger partial charge in [0.1, 0.15) is 17.2 Å². The minimum atomic E-state index is -1.91. The lowest BCUT2D eigenvalue weighted by Crippen LogP contribution is -2.46. The van der Waals surface area contributed by atoms with E-state index in [9.17, 15) is 10.1 Å². The highest BCUT2D eigenvalue weighted by Crippen LogP contribution is 2.37. The van der Waals surface area contributed by atoms with Crippen LogP contribution in [0, 0.1) is 11.3 Å². The van der Waals surface area contributed by atoms with Crippen molar-refractivity contribution in [1.82, 2.24) is 9.55 Å². The monoisotopic (exact) mass is 635 g/mol. The van der Waals surface area contributed by atoms with Crippen LogP contribution in [0.15, 0.2) is 77.6 Å². The largest absolute Gasteiger partial charge is 0.486 e. The first kappa shape index (κ1) is 34.9. The molecule has 0 bridgehead atoms. The van der Waals surface area contributed by atoms with E-state index in [-0.39, 0.29) is 10.6 Å². The highest BCUT2D eigenvalue weighted by molar-refractivity contribution is 6.74. The second-order valence-electron chi connectivity index (χ2n) is 14.1. The summed E-state index contributed by atoms with van der Waals surface area (Å²) in [5, 5.41) is 9.66. The van der Waals surface area contributed by atoms with Gasteiger partial charge in [-0.3, -0.25) is 9.36 Å². The van der Waals surface area contributed by atoms with E-state index in [4.69, 9.17) is 14.1 Å². The first-order valence-corrected chi connectivity index (χ1v) is 19.3. The Hall–Kier alpha value is -3.99. The van der Waals surface area contributed by atoms with Gasteiger partial charge < -0.3 is 9.16 Å². The predicted octanol–water partition coefficient (Wildman–Crippen LogP) is 9.06. The Balaban J connectivity index is 1.62. The predicted molar refractivity (Wildman–Crippen MR) is 190 cm³/mol. The van der Waals surface area contributed by atoms with Gasteiger partial charge in [-0.05, 0) is 85.4 Å². The van der Waals surface area contributed by atoms with Crippen LogP contribution in [-0.2, 0) is 23.7 Å². The normalized spacial score (nSPS) is 12.2. The van der Waals surface area contributed by atoms with Crippen molar-refractivity contribution >= 4 is 8.32 Å². The molecule has 0 aliphatic heterocycles. The molecule has 4 aromatic rings. The molecule has 0 N–H and O–H groups in total. The third-order valence-electron chi connectivity index (χ3n) is 8.90. The van der Waals surface area contributed by atoms with Crippen LogP contribution >= 0.6 is 0 Å². The Morgan fingerprint density at radius 2 is 1.57 bits per heavy atom. The molecule has 0 spiro atoms. The molecule has 0 unspecified atom stereocenters. The molecule has 0 fully saturated rings. The zero-order chi connectivity index (χ0) is 33.7. The molecule has 0 radical (unpaired) electrons. The van der Waals surface area contributed by atoms with E-state index >= 15 is 0 Å². The molecule has 3 aromatic carbocycles. The van der Waals surface area contributed by atoms with E-state index in [0.717, 1.165) is 52.5 Å². The summed E-state index contributed by atoms with van der Waals surface area (Å²) in [7, 11) is -1.91. The molecule has 1 heterocycles.